The summed E-state index contributed by atoms with van der Waals surface area (Å²) in [5, 5.41) is 9.02. The van der Waals surface area contributed by atoms with E-state index in [1.807, 2.05) is 6.07 Å². The molecule has 1 aromatic carbocycles. The molecule has 0 saturated carbocycles. The molecule has 1 aromatic rings. The third-order valence-corrected chi connectivity index (χ3v) is 3.74. The van der Waals surface area contributed by atoms with Crippen LogP contribution in [0, 0.1) is 0 Å². The largest absolute Gasteiger partial charge is 0.382 e. The first-order chi connectivity index (χ1) is 10.1. The smallest absolute Gasteiger partial charge is 0.254 e. The average Bonchev–Trinajstić information content (AvgIpc) is 2.74. The zero-order valence-corrected chi connectivity index (χ0v) is 11.6. The lowest BCUT2D eigenvalue weighted by atomic mass is 10.1. The van der Waals surface area contributed by atoms with E-state index in [4.69, 9.17) is 0 Å². The number of nitrogens with one attached hydrogen (secondary N) is 3. The number of amides is 3. The highest BCUT2D eigenvalue weighted by atomic mass is 16.2. The van der Waals surface area contributed by atoms with E-state index in [-0.39, 0.29) is 24.1 Å². The number of carbonyl (C=O) groups is 3. The van der Waals surface area contributed by atoms with Gasteiger partial charge in [0.15, 0.2) is 0 Å². The van der Waals surface area contributed by atoms with Crippen molar-refractivity contribution in [2.24, 2.45) is 0 Å². The Morgan fingerprint density at radius 2 is 2.05 bits per heavy atom. The number of fused-ring (bicyclic) bond motifs is 1. The molecule has 1 unspecified atom stereocenters. The Bertz CT molecular complexity index is 629. The Morgan fingerprint density at radius 1 is 1.29 bits per heavy atom. The van der Waals surface area contributed by atoms with Crippen molar-refractivity contribution in [1.82, 2.24) is 10.2 Å². The van der Waals surface area contributed by atoms with Crippen molar-refractivity contribution in [3.8, 4) is 0 Å². The third kappa shape index (κ3) is 2.31. The average molecular weight is 288 g/mol. The van der Waals surface area contributed by atoms with Crippen molar-refractivity contribution < 1.29 is 14.4 Å². The number of nitrogens with zero attached hydrogens (tertiary/aromatic N) is 1. The summed E-state index contributed by atoms with van der Waals surface area (Å²) in [5.74, 6) is -1.01. The molecule has 1 atom stereocenters. The summed E-state index contributed by atoms with van der Waals surface area (Å²) < 4.78 is 0. The number of likely N-dealkylation sites (tertiary alicyclic amines) is 1. The van der Waals surface area contributed by atoms with Crippen LogP contribution in [0.15, 0.2) is 18.2 Å². The molecule has 110 valence electrons. The fraction of sp³-hybridized carbons (Fsp3) is 0.357. The first kappa shape index (κ1) is 13.4. The highest BCUT2D eigenvalue weighted by Crippen LogP contribution is 2.28. The van der Waals surface area contributed by atoms with Crippen LogP contribution in [0.4, 0.5) is 11.4 Å². The minimum atomic E-state index is -0.776. The van der Waals surface area contributed by atoms with E-state index >= 15 is 0 Å². The van der Waals surface area contributed by atoms with Gasteiger partial charge in [-0.15, -0.1) is 0 Å². The molecule has 3 rings (SSSR count). The van der Waals surface area contributed by atoms with Crippen molar-refractivity contribution in [2.75, 3.05) is 30.8 Å². The highest BCUT2D eigenvalue weighted by Gasteiger charge is 2.37. The Kier molecular flexibility index (Phi) is 3.25. The van der Waals surface area contributed by atoms with Crippen molar-refractivity contribution in [2.45, 2.75) is 12.5 Å². The van der Waals surface area contributed by atoms with E-state index in [0.29, 0.717) is 5.56 Å². The fourth-order valence-electron chi connectivity index (χ4n) is 2.57. The van der Waals surface area contributed by atoms with E-state index in [1.54, 1.807) is 12.1 Å². The maximum Gasteiger partial charge on any atom is 0.254 e. The summed E-state index contributed by atoms with van der Waals surface area (Å²) in [5.41, 5.74) is 2.06. The zero-order valence-electron chi connectivity index (χ0n) is 11.6. The van der Waals surface area contributed by atoms with E-state index in [9.17, 15) is 14.4 Å². The predicted octanol–water partition coefficient (Wildman–Crippen LogP) is 0.0111. The van der Waals surface area contributed by atoms with E-state index in [0.717, 1.165) is 29.4 Å². The zero-order chi connectivity index (χ0) is 15.0. The first-order valence-corrected chi connectivity index (χ1v) is 6.80. The van der Waals surface area contributed by atoms with Crippen molar-refractivity contribution >= 4 is 29.1 Å². The molecule has 2 aliphatic heterocycles. The number of likely N-dealkylation sites (N-methyl/N-ethyl adjacent to an activating group) is 1. The Labute approximate surface area is 121 Å². The van der Waals surface area contributed by atoms with Gasteiger partial charge in [0, 0.05) is 20.1 Å². The quantitative estimate of drug-likeness (QED) is 0.667. The number of imide groups is 1. The Balaban J connectivity index is 1.81. The Hall–Kier alpha value is -2.57. The van der Waals surface area contributed by atoms with E-state index in [1.165, 1.54) is 7.05 Å². The van der Waals surface area contributed by atoms with Crippen LogP contribution in [0.1, 0.15) is 16.8 Å². The van der Waals surface area contributed by atoms with Gasteiger partial charge in [0.05, 0.1) is 23.4 Å². The maximum absolute atomic E-state index is 12.4. The Morgan fingerprint density at radius 3 is 2.76 bits per heavy atom. The molecular formula is C14H16N4O3. The van der Waals surface area contributed by atoms with Gasteiger partial charge in [-0.25, -0.2) is 0 Å². The molecule has 3 N–H and O–H groups in total. The van der Waals surface area contributed by atoms with Crippen LogP contribution in [0.25, 0.3) is 0 Å². The second-order valence-corrected chi connectivity index (χ2v) is 5.10. The number of carbonyl (C=O) groups excluding carboxylic acids is 3. The monoisotopic (exact) mass is 288 g/mol. The van der Waals surface area contributed by atoms with Crippen molar-refractivity contribution in [3.05, 3.63) is 23.8 Å². The molecule has 0 bridgehead atoms. The van der Waals surface area contributed by atoms with Gasteiger partial charge in [-0.2, -0.15) is 0 Å². The second kappa shape index (κ2) is 5.08. The fourth-order valence-corrected chi connectivity index (χ4v) is 2.57. The minimum absolute atomic E-state index is 0.0157. The normalized spacial score (nSPS) is 20.6. The second-order valence-electron chi connectivity index (χ2n) is 5.10. The maximum atomic E-state index is 12.4. The minimum Gasteiger partial charge on any atom is -0.382 e. The van der Waals surface area contributed by atoms with E-state index in [2.05, 4.69) is 16.0 Å². The highest BCUT2D eigenvalue weighted by molar-refractivity contribution is 6.09. The number of anilines is 2. The van der Waals surface area contributed by atoms with Crippen LogP contribution >= 0.6 is 0 Å². The number of para-hydroxylation sites is 1. The van der Waals surface area contributed by atoms with Gasteiger partial charge in [0.2, 0.25) is 5.91 Å². The number of benzene rings is 1. The van der Waals surface area contributed by atoms with Crippen LogP contribution in [0.5, 0.6) is 0 Å². The molecule has 7 nitrogen and oxygen atoms in total. The summed E-state index contributed by atoms with van der Waals surface area (Å²) >= 11 is 0. The lowest BCUT2D eigenvalue weighted by molar-refractivity contribution is -0.137. The van der Waals surface area contributed by atoms with Gasteiger partial charge in [0.1, 0.15) is 6.04 Å². The molecule has 1 saturated heterocycles. The van der Waals surface area contributed by atoms with Gasteiger partial charge in [-0.3, -0.25) is 19.3 Å². The first-order valence-electron chi connectivity index (χ1n) is 6.80. The summed E-state index contributed by atoms with van der Waals surface area (Å²) in [4.78, 5) is 36.7. The molecule has 2 aliphatic rings. The predicted molar refractivity (Wildman–Crippen MR) is 77.1 cm³/mol. The van der Waals surface area contributed by atoms with Crippen LogP contribution in [0.2, 0.25) is 0 Å². The molecule has 2 heterocycles. The summed E-state index contributed by atoms with van der Waals surface area (Å²) in [6.45, 7) is 1.51. The summed E-state index contributed by atoms with van der Waals surface area (Å²) in [6.07, 6.45) is 0.0157. The topological polar surface area (TPSA) is 90.5 Å². The van der Waals surface area contributed by atoms with Crippen molar-refractivity contribution in [1.29, 1.82) is 0 Å². The van der Waals surface area contributed by atoms with Gasteiger partial charge >= 0.3 is 0 Å². The molecule has 7 heteroatoms. The SMILES string of the molecule is CN1C(=O)CC(NC(=O)c2cccc3c2NCCN3)C1=O. The van der Waals surface area contributed by atoms with Crippen LogP contribution in [0.3, 0.4) is 0 Å². The van der Waals surface area contributed by atoms with Crippen LogP contribution in [-0.4, -0.2) is 48.8 Å². The number of rotatable bonds is 2. The molecular weight excluding hydrogens is 272 g/mol. The lowest BCUT2D eigenvalue weighted by Gasteiger charge is -2.22. The van der Waals surface area contributed by atoms with Crippen molar-refractivity contribution in [3.63, 3.8) is 0 Å². The van der Waals surface area contributed by atoms with Crippen LogP contribution < -0.4 is 16.0 Å². The van der Waals surface area contributed by atoms with E-state index < -0.39 is 6.04 Å². The summed E-state index contributed by atoms with van der Waals surface area (Å²) in [7, 11) is 1.42. The number of hydrogen-bond donors (Lipinski definition) is 3. The van der Waals surface area contributed by atoms with Gasteiger partial charge in [-0.05, 0) is 12.1 Å². The van der Waals surface area contributed by atoms with Gasteiger partial charge in [0.25, 0.3) is 11.8 Å². The summed E-state index contributed by atoms with van der Waals surface area (Å²) in [6, 6.07) is 4.58. The molecule has 1 fully saturated rings. The molecule has 0 spiro atoms. The third-order valence-electron chi connectivity index (χ3n) is 3.74. The number of hydrogen-bond acceptors (Lipinski definition) is 5. The van der Waals surface area contributed by atoms with Crippen LogP contribution in [-0.2, 0) is 9.59 Å². The standard InChI is InChI=1S/C14H16N4O3/c1-18-11(19)7-10(14(18)21)17-13(20)8-3-2-4-9-12(8)16-6-5-15-9/h2-4,10,15-16H,5-7H2,1H3,(H,17,20). The molecule has 0 aliphatic carbocycles. The lowest BCUT2D eigenvalue weighted by Crippen LogP contribution is -2.41. The molecule has 3 amide bonds. The molecule has 21 heavy (non-hydrogen) atoms. The van der Waals surface area contributed by atoms with Gasteiger partial charge in [-0.1, -0.05) is 6.07 Å². The molecule has 0 radical (unpaired) electrons. The van der Waals surface area contributed by atoms with Gasteiger partial charge < -0.3 is 16.0 Å². The molecule has 0 aromatic heterocycles.